The Morgan fingerprint density at radius 1 is 1.46 bits per heavy atom. The molecule has 0 bridgehead atoms. The molecule has 1 aromatic heterocycles. The summed E-state index contributed by atoms with van der Waals surface area (Å²) < 4.78 is 32.6. The van der Waals surface area contributed by atoms with Crippen molar-refractivity contribution in [2.24, 2.45) is 0 Å². The van der Waals surface area contributed by atoms with Crippen LogP contribution in [0.25, 0.3) is 0 Å². The van der Waals surface area contributed by atoms with Crippen LogP contribution in [0, 0.1) is 6.92 Å². The molecule has 0 aliphatic carbocycles. The number of benzene rings is 1. The Morgan fingerprint density at radius 3 is 2.79 bits per heavy atom. The molecule has 1 aromatic carbocycles. The van der Waals surface area contributed by atoms with Crippen molar-refractivity contribution in [1.82, 2.24) is 4.98 Å². The number of hydrogen-bond donors (Lipinski definition) is 1. The van der Waals surface area contributed by atoms with E-state index in [1.165, 1.54) is 17.8 Å². The number of thiazole rings is 1. The van der Waals surface area contributed by atoms with Crippen LogP contribution in [0.5, 0.6) is 0 Å². The first-order valence-electron chi connectivity index (χ1n) is 6.79. The van der Waals surface area contributed by atoms with E-state index in [1.807, 2.05) is 0 Å². The molecular formula is C14H15ClN2O4S3. The summed E-state index contributed by atoms with van der Waals surface area (Å²) in [6.07, 6.45) is 1.77. The predicted molar refractivity (Wildman–Crippen MR) is 96.8 cm³/mol. The van der Waals surface area contributed by atoms with Gasteiger partial charge in [-0.1, -0.05) is 22.9 Å². The monoisotopic (exact) mass is 406 g/mol. The summed E-state index contributed by atoms with van der Waals surface area (Å²) in [5, 5.41) is 0.415. The molecule has 0 aliphatic heterocycles. The van der Waals surface area contributed by atoms with E-state index in [4.69, 9.17) is 16.3 Å². The second kappa shape index (κ2) is 7.73. The van der Waals surface area contributed by atoms with Crippen LogP contribution >= 0.6 is 34.7 Å². The highest BCUT2D eigenvalue weighted by Crippen LogP contribution is 2.31. The summed E-state index contributed by atoms with van der Waals surface area (Å²) in [5.74, 6) is -0.523. The number of aromatic nitrogens is 1. The Morgan fingerprint density at radius 2 is 2.17 bits per heavy atom. The van der Waals surface area contributed by atoms with Crippen molar-refractivity contribution in [1.29, 1.82) is 0 Å². The number of carbonyl (C=O) groups excluding carboxylic acids is 1. The Hall–Kier alpha value is -1.29. The first-order chi connectivity index (χ1) is 11.3. The molecule has 130 valence electrons. The van der Waals surface area contributed by atoms with Crippen LogP contribution in [0.2, 0.25) is 5.02 Å². The molecule has 0 amide bonds. The van der Waals surface area contributed by atoms with E-state index < -0.39 is 16.0 Å². The van der Waals surface area contributed by atoms with E-state index in [0.717, 1.165) is 11.3 Å². The van der Waals surface area contributed by atoms with Gasteiger partial charge in [0.15, 0.2) is 5.13 Å². The topological polar surface area (TPSA) is 85.4 Å². The smallest absolute Gasteiger partial charge is 0.350 e. The van der Waals surface area contributed by atoms with Gasteiger partial charge in [-0.25, -0.2) is 18.2 Å². The van der Waals surface area contributed by atoms with Gasteiger partial charge in [0.2, 0.25) is 0 Å². The average Bonchev–Trinajstić information content (AvgIpc) is 2.87. The molecular weight excluding hydrogens is 392 g/mol. The number of ether oxygens (including phenoxy) is 1. The number of sulfonamides is 1. The molecule has 0 saturated heterocycles. The third-order valence-corrected chi connectivity index (χ3v) is 6.62. The van der Waals surface area contributed by atoms with Crippen molar-refractivity contribution in [2.75, 3.05) is 17.6 Å². The first-order valence-corrected chi connectivity index (χ1v) is 10.7. The van der Waals surface area contributed by atoms with E-state index in [1.54, 1.807) is 32.2 Å². The minimum Gasteiger partial charge on any atom is -0.462 e. The molecule has 1 heterocycles. The molecule has 10 heteroatoms. The number of rotatable bonds is 6. The van der Waals surface area contributed by atoms with Crippen LogP contribution in [0.1, 0.15) is 22.3 Å². The number of carbonyl (C=O) groups is 1. The Labute approximate surface area is 153 Å². The molecule has 24 heavy (non-hydrogen) atoms. The zero-order valence-corrected chi connectivity index (χ0v) is 16.3. The third kappa shape index (κ3) is 4.21. The molecule has 0 unspecified atom stereocenters. The van der Waals surface area contributed by atoms with Gasteiger partial charge in [-0.05, 0) is 38.3 Å². The summed E-state index contributed by atoms with van der Waals surface area (Å²) >= 11 is 8.14. The minimum atomic E-state index is -3.88. The van der Waals surface area contributed by atoms with Crippen molar-refractivity contribution in [2.45, 2.75) is 23.6 Å². The van der Waals surface area contributed by atoms with Gasteiger partial charge in [0, 0.05) is 9.92 Å². The molecule has 2 aromatic rings. The van der Waals surface area contributed by atoms with E-state index in [-0.39, 0.29) is 21.5 Å². The number of nitrogens with one attached hydrogen (secondary N) is 1. The normalized spacial score (nSPS) is 11.3. The molecule has 0 radical (unpaired) electrons. The quantitative estimate of drug-likeness (QED) is 0.580. The van der Waals surface area contributed by atoms with Gasteiger partial charge in [0.25, 0.3) is 10.0 Å². The maximum atomic E-state index is 12.6. The number of halogens is 1. The minimum absolute atomic E-state index is 0.0630. The van der Waals surface area contributed by atoms with Crippen LogP contribution in [0.3, 0.4) is 0 Å². The molecule has 0 spiro atoms. The molecule has 1 N–H and O–H groups in total. The van der Waals surface area contributed by atoms with Crippen LogP contribution in [0.4, 0.5) is 5.13 Å². The maximum absolute atomic E-state index is 12.6. The second-order valence-electron chi connectivity index (χ2n) is 4.55. The van der Waals surface area contributed by atoms with Gasteiger partial charge in [-0.3, -0.25) is 4.72 Å². The number of esters is 1. The highest BCUT2D eigenvalue weighted by molar-refractivity contribution is 7.99. The fourth-order valence-electron chi connectivity index (χ4n) is 1.86. The number of nitrogens with zero attached hydrogens (tertiary/aromatic N) is 1. The third-order valence-electron chi connectivity index (χ3n) is 2.89. The molecule has 0 atom stereocenters. The SMILES string of the molecule is CCOC(=O)c1sc(NS(=O)(=O)c2cc(Cl)ccc2SC)nc1C. The first kappa shape index (κ1) is 19.0. The van der Waals surface area contributed by atoms with Gasteiger partial charge in [-0.15, -0.1) is 11.8 Å². The van der Waals surface area contributed by atoms with Crippen molar-refractivity contribution >= 4 is 55.8 Å². The lowest BCUT2D eigenvalue weighted by Gasteiger charge is -2.09. The van der Waals surface area contributed by atoms with E-state index in [9.17, 15) is 13.2 Å². The number of aryl methyl sites for hydroxylation is 1. The molecule has 2 rings (SSSR count). The Kier molecular flexibility index (Phi) is 6.13. The zero-order valence-electron chi connectivity index (χ0n) is 13.1. The lowest BCUT2D eigenvalue weighted by Crippen LogP contribution is -2.13. The van der Waals surface area contributed by atoms with Crippen molar-refractivity contribution in [3.05, 3.63) is 33.8 Å². The fourth-order valence-corrected chi connectivity index (χ4v) is 5.34. The Bertz CT molecular complexity index is 865. The largest absolute Gasteiger partial charge is 0.462 e. The standard InChI is InChI=1S/C14H15ClN2O4S3/c1-4-21-13(18)12-8(2)16-14(23-12)17-24(19,20)11-7-9(15)5-6-10(11)22-3/h5-7H,4H2,1-3H3,(H,16,17). The van der Waals surface area contributed by atoms with Crippen LogP contribution < -0.4 is 4.72 Å². The number of hydrogen-bond acceptors (Lipinski definition) is 7. The summed E-state index contributed by atoms with van der Waals surface area (Å²) in [4.78, 5) is 16.8. The fraction of sp³-hybridized carbons (Fsp3) is 0.286. The summed E-state index contributed by atoms with van der Waals surface area (Å²) in [5.41, 5.74) is 0.410. The summed E-state index contributed by atoms with van der Waals surface area (Å²) in [6, 6.07) is 4.64. The average molecular weight is 407 g/mol. The van der Waals surface area contributed by atoms with Crippen molar-refractivity contribution < 1.29 is 17.9 Å². The summed E-state index contributed by atoms with van der Waals surface area (Å²) in [6.45, 7) is 3.55. The van der Waals surface area contributed by atoms with Crippen LogP contribution in [-0.2, 0) is 14.8 Å². The van der Waals surface area contributed by atoms with Gasteiger partial charge < -0.3 is 4.74 Å². The number of thioether (sulfide) groups is 1. The molecule has 0 aliphatic rings. The van der Waals surface area contributed by atoms with Crippen molar-refractivity contribution in [3.63, 3.8) is 0 Å². The van der Waals surface area contributed by atoms with Gasteiger partial charge >= 0.3 is 5.97 Å². The van der Waals surface area contributed by atoms with Gasteiger partial charge in [-0.2, -0.15) is 0 Å². The van der Waals surface area contributed by atoms with E-state index in [2.05, 4.69) is 9.71 Å². The highest BCUT2D eigenvalue weighted by Gasteiger charge is 2.23. The zero-order chi connectivity index (χ0) is 17.9. The Balaban J connectivity index is 2.35. The highest BCUT2D eigenvalue weighted by atomic mass is 35.5. The molecule has 6 nitrogen and oxygen atoms in total. The maximum Gasteiger partial charge on any atom is 0.350 e. The molecule has 0 saturated carbocycles. The lowest BCUT2D eigenvalue weighted by atomic mass is 10.4. The van der Waals surface area contributed by atoms with Gasteiger partial charge in [0.05, 0.1) is 12.3 Å². The predicted octanol–water partition coefficient (Wildman–Crippen LogP) is 3.80. The van der Waals surface area contributed by atoms with Crippen molar-refractivity contribution in [3.8, 4) is 0 Å². The molecule has 0 fully saturated rings. The van der Waals surface area contributed by atoms with E-state index >= 15 is 0 Å². The summed E-state index contributed by atoms with van der Waals surface area (Å²) in [7, 11) is -3.88. The second-order valence-corrected chi connectivity index (χ2v) is 8.49. The van der Waals surface area contributed by atoms with E-state index in [0.29, 0.717) is 15.6 Å². The van der Waals surface area contributed by atoms with Gasteiger partial charge in [0.1, 0.15) is 9.77 Å². The number of anilines is 1. The van der Waals surface area contributed by atoms with Crippen LogP contribution in [-0.4, -0.2) is 32.2 Å². The van der Waals surface area contributed by atoms with Crippen LogP contribution in [0.15, 0.2) is 28.0 Å². The lowest BCUT2D eigenvalue weighted by molar-refractivity contribution is 0.0531.